The number of carbonyl (C=O) groups is 1. The maximum Gasteiger partial charge on any atom is 0.311 e. The molecule has 1 heterocycles. The normalized spacial score (nSPS) is 10.3. The molecule has 0 radical (unpaired) electrons. The molecular weight excluding hydrogens is 204 g/mol. The van der Waals surface area contributed by atoms with E-state index < -0.39 is 0 Å². The van der Waals surface area contributed by atoms with Crippen LogP contribution in [0.1, 0.15) is 5.69 Å². The molecule has 4 heteroatoms. The van der Waals surface area contributed by atoms with E-state index in [1.807, 2.05) is 24.3 Å². The van der Waals surface area contributed by atoms with E-state index in [4.69, 9.17) is 5.73 Å². The van der Waals surface area contributed by atoms with Gasteiger partial charge in [-0.15, -0.1) is 0 Å². The van der Waals surface area contributed by atoms with Gasteiger partial charge >= 0.3 is 5.97 Å². The Kier molecular flexibility index (Phi) is 2.72. The van der Waals surface area contributed by atoms with Crippen LogP contribution in [0.2, 0.25) is 0 Å². The smallest absolute Gasteiger partial charge is 0.311 e. The lowest BCUT2D eigenvalue weighted by atomic mass is 10.1. The van der Waals surface area contributed by atoms with Gasteiger partial charge in [0.15, 0.2) is 0 Å². The number of hydrogen-bond donors (Lipinski definition) is 1. The first-order chi connectivity index (χ1) is 7.70. The van der Waals surface area contributed by atoms with Crippen molar-refractivity contribution in [3.8, 4) is 0 Å². The molecule has 0 atom stereocenters. The maximum atomic E-state index is 11.1. The molecule has 1 aromatic heterocycles. The minimum Gasteiger partial charge on any atom is -0.469 e. The SMILES string of the molecule is COC(=O)Cc1cc(N)c2ccccc2n1. The van der Waals surface area contributed by atoms with E-state index in [1.165, 1.54) is 7.11 Å². The molecule has 0 unspecified atom stereocenters. The third-order valence-electron chi connectivity index (χ3n) is 2.35. The van der Waals surface area contributed by atoms with Gasteiger partial charge in [0.05, 0.1) is 24.7 Å². The largest absolute Gasteiger partial charge is 0.469 e. The van der Waals surface area contributed by atoms with E-state index in [2.05, 4.69) is 9.72 Å². The molecule has 0 spiro atoms. The van der Waals surface area contributed by atoms with E-state index in [1.54, 1.807) is 6.07 Å². The highest BCUT2D eigenvalue weighted by Crippen LogP contribution is 2.20. The number of fused-ring (bicyclic) bond motifs is 1. The van der Waals surface area contributed by atoms with Crippen molar-refractivity contribution in [2.24, 2.45) is 0 Å². The quantitative estimate of drug-likeness (QED) is 0.773. The summed E-state index contributed by atoms with van der Waals surface area (Å²) >= 11 is 0. The number of anilines is 1. The molecular formula is C12H12N2O2. The average Bonchev–Trinajstić information content (AvgIpc) is 2.29. The number of nitrogens with zero attached hydrogens (tertiary/aromatic N) is 1. The fourth-order valence-electron chi connectivity index (χ4n) is 1.57. The Balaban J connectivity index is 2.45. The molecule has 82 valence electrons. The number of esters is 1. The number of pyridine rings is 1. The predicted molar refractivity (Wildman–Crippen MR) is 61.9 cm³/mol. The summed E-state index contributed by atoms with van der Waals surface area (Å²) < 4.78 is 4.59. The molecule has 0 aliphatic carbocycles. The van der Waals surface area contributed by atoms with Crippen molar-refractivity contribution in [3.63, 3.8) is 0 Å². The van der Waals surface area contributed by atoms with Crippen LogP contribution in [0.3, 0.4) is 0 Å². The van der Waals surface area contributed by atoms with Crippen molar-refractivity contribution >= 4 is 22.6 Å². The summed E-state index contributed by atoms with van der Waals surface area (Å²) in [5, 5.41) is 0.899. The van der Waals surface area contributed by atoms with Crippen LogP contribution in [-0.2, 0) is 16.0 Å². The number of nitrogen functional groups attached to an aromatic ring is 1. The molecule has 0 saturated heterocycles. The summed E-state index contributed by atoms with van der Waals surface area (Å²) in [6, 6.07) is 9.27. The summed E-state index contributed by atoms with van der Waals surface area (Å²) in [5.41, 5.74) is 7.93. The molecule has 0 aliphatic rings. The average molecular weight is 216 g/mol. The Morgan fingerprint density at radius 1 is 1.44 bits per heavy atom. The van der Waals surface area contributed by atoms with Crippen LogP contribution in [0.5, 0.6) is 0 Å². The van der Waals surface area contributed by atoms with Crippen LogP contribution in [0.25, 0.3) is 10.9 Å². The summed E-state index contributed by atoms with van der Waals surface area (Å²) in [4.78, 5) is 15.5. The van der Waals surface area contributed by atoms with Gasteiger partial charge in [0.25, 0.3) is 0 Å². The van der Waals surface area contributed by atoms with Crippen molar-refractivity contribution in [2.75, 3.05) is 12.8 Å². The molecule has 2 N–H and O–H groups in total. The van der Waals surface area contributed by atoms with Gasteiger partial charge in [-0.3, -0.25) is 9.78 Å². The Hall–Kier alpha value is -2.10. The van der Waals surface area contributed by atoms with Gasteiger partial charge in [0.1, 0.15) is 0 Å². The lowest BCUT2D eigenvalue weighted by molar-refractivity contribution is -0.139. The maximum absolute atomic E-state index is 11.1. The predicted octanol–water partition coefficient (Wildman–Crippen LogP) is 1.53. The van der Waals surface area contributed by atoms with E-state index in [9.17, 15) is 4.79 Å². The Labute approximate surface area is 93.0 Å². The Morgan fingerprint density at radius 2 is 2.19 bits per heavy atom. The molecule has 0 amide bonds. The standard InChI is InChI=1S/C12H12N2O2/c1-16-12(15)7-8-6-10(13)9-4-2-3-5-11(9)14-8/h2-6H,7H2,1H3,(H2,13,14). The van der Waals surface area contributed by atoms with Crippen LogP contribution in [0, 0.1) is 0 Å². The zero-order valence-corrected chi connectivity index (χ0v) is 8.93. The highest BCUT2D eigenvalue weighted by atomic mass is 16.5. The van der Waals surface area contributed by atoms with Crippen molar-refractivity contribution < 1.29 is 9.53 Å². The molecule has 0 aliphatic heterocycles. The number of nitrogens with two attached hydrogens (primary N) is 1. The van der Waals surface area contributed by atoms with Crippen molar-refractivity contribution in [2.45, 2.75) is 6.42 Å². The second-order valence-electron chi connectivity index (χ2n) is 3.47. The fraction of sp³-hybridized carbons (Fsp3) is 0.167. The van der Waals surface area contributed by atoms with Gasteiger partial charge in [0.2, 0.25) is 0 Å². The number of rotatable bonds is 2. The van der Waals surface area contributed by atoms with Crippen LogP contribution in [0.15, 0.2) is 30.3 Å². The van der Waals surface area contributed by atoms with E-state index >= 15 is 0 Å². The molecule has 4 nitrogen and oxygen atoms in total. The second-order valence-corrected chi connectivity index (χ2v) is 3.47. The highest BCUT2D eigenvalue weighted by molar-refractivity contribution is 5.90. The molecule has 1 aromatic carbocycles. The fourth-order valence-corrected chi connectivity index (χ4v) is 1.57. The van der Waals surface area contributed by atoms with Crippen LogP contribution >= 0.6 is 0 Å². The summed E-state index contributed by atoms with van der Waals surface area (Å²) in [6.07, 6.45) is 0.144. The number of aromatic nitrogens is 1. The van der Waals surface area contributed by atoms with E-state index in [-0.39, 0.29) is 12.4 Å². The number of ether oxygens (including phenoxy) is 1. The van der Waals surface area contributed by atoms with Gasteiger partial charge in [-0.2, -0.15) is 0 Å². The third kappa shape index (κ3) is 1.95. The van der Waals surface area contributed by atoms with Gasteiger partial charge in [-0.25, -0.2) is 0 Å². The first kappa shape index (κ1) is 10.4. The molecule has 2 rings (SSSR count). The molecule has 16 heavy (non-hydrogen) atoms. The van der Waals surface area contributed by atoms with Gasteiger partial charge in [-0.05, 0) is 12.1 Å². The van der Waals surface area contributed by atoms with Gasteiger partial charge in [-0.1, -0.05) is 18.2 Å². The zero-order chi connectivity index (χ0) is 11.5. The number of carbonyl (C=O) groups excluding carboxylic acids is 1. The molecule has 0 saturated carbocycles. The topological polar surface area (TPSA) is 65.2 Å². The minimum atomic E-state index is -0.317. The number of hydrogen-bond acceptors (Lipinski definition) is 4. The first-order valence-corrected chi connectivity index (χ1v) is 4.91. The van der Waals surface area contributed by atoms with E-state index in [0.717, 1.165) is 10.9 Å². The monoisotopic (exact) mass is 216 g/mol. The second kappa shape index (κ2) is 4.18. The lowest BCUT2D eigenvalue weighted by Gasteiger charge is -2.05. The number of benzene rings is 1. The third-order valence-corrected chi connectivity index (χ3v) is 2.35. The van der Waals surface area contributed by atoms with Crippen molar-refractivity contribution in [1.29, 1.82) is 0 Å². The first-order valence-electron chi connectivity index (χ1n) is 4.91. The summed E-state index contributed by atoms with van der Waals surface area (Å²) in [6.45, 7) is 0. The van der Waals surface area contributed by atoms with Gasteiger partial charge in [0, 0.05) is 11.1 Å². The molecule has 2 aromatic rings. The molecule has 0 fully saturated rings. The number of methoxy groups -OCH3 is 1. The number of para-hydroxylation sites is 1. The lowest BCUT2D eigenvalue weighted by Crippen LogP contribution is -2.06. The Morgan fingerprint density at radius 3 is 2.94 bits per heavy atom. The van der Waals surface area contributed by atoms with E-state index in [0.29, 0.717) is 11.4 Å². The highest BCUT2D eigenvalue weighted by Gasteiger charge is 2.07. The minimum absolute atomic E-state index is 0.144. The Bertz CT molecular complexity index is 538. The van der Waals surface area contributed by atoms with Gasteiger partial charge < -0.3 is 10.5 Å². The van der Waals surface area contributed by atoms with Crippen LogP contribution in [0.4, 0.5) is 5.69 Å². The van der Waals surface area contributed by atoms with Crippen LogP contribution in [-0.4, -0.2) is 18.1 Å². The van der Waals surface area contributed by atoms with Crippen molar-refractivity contribution in [3.05, 3.63) is 36.0 Å². The van der Waals surface area contributed by atoms with Crippen LogP contribution < -0.4 is 5.73 Å². The molecule has 0 bridgehead atoms. The van der Waals surface area contributed by atoms with Crippen molar-refractivity contribution in [1.82, 2.24) is 4.98 Å². The summed E-state index contributed by atoms with van der Waals surface area (Å²) in [5.74, 6) is -0.317. The summed E-state index contributed by atoms with van der Waals surface area (Å²) in [7, 11) is 1.35. The zero-order valence-electron chi connectivity index (χ0n) is 8.93.